The number of methoxy groups -OCH3 is 1. The Labute approximate surface area is 111 Å². The summed E-state index contributed by atoms with van der Waals surface area (Å²) in [6.07, 6.45) is 0. The van der Waals surface area contributed by atoms with E-state index in [1.54, 1.807) is 25.1 Å². The molecule has 0 saturated carbocycles. The summed E-state index contributed by atoms with van der Waals surface area (Å²) in [7, 11) is 1.44. The van der Waals surface area contributed by atoms with Gasteiger partial charge >= 0.3 is 5.97 Å². The highest BCUT2D eigenvalue weighted by molar-refractivity contribution is 5.70. The van der Waals surface area contributed by atoms with Crippen LogP contribution in [0.1, 0.15) is 12.5 Å². The Bertz CT molecular complexity index is 472. The van der Waals surface area contributed by atoms with Crippen LogP contribution in [0.3, 0.4) is 0 Å². The van der Waals surface area contributed by atoms with E-state index in [0.717, 1.165) is 0 Å². The van der Waals surface area contributed by atoms with E-state index in [0.29, 0.717) is 25.2 Å². The molecule has 1 aliphatic heterocycles. The smallest absolute Gasteiger partial charge is 0.306 e. The first-order valence-corrected chi connectivity index (χ1v) is 6.29. The molecule has 0 radical (unpaired) electrons. The van der Waals surface area contributed by atoms with E-state index in [2.05, 4.69) is 0 Å². The minimum Gasteiger partial charge on any atom is -0.494 e. The molecule has 2 rings (SSSR count). The quantitative estimate of drug-likeness (QED) is 0.886. The molecule has 1 N–H and O–H groups in total. The van der Waals surface area contributed by atoms with Gasteiger partial charge in [-0.15, -0.1) is 0 Å². The Morgan fingerprint density at radius 1 is 1.58 bits per heavy atom. The molecule has 1 saturated heterocycles. The summed E-state index contributed by atoms with van der Waals surface area (Å²) >= 11 is 0. The largest absolute Gasteiger partial charge is 0.494 e. The Hall–Kier alpha value is -1.62. The number of nitrogens with zero attached hydrogens (tertiary/aromatic N) is 1. The van der Waals surface area contributed by atoms with Crippen molar-refractivity contribution in [1.29, 1.82) is 0 Å². The van der Waals surface area contributed by atoms with Gasteiger partial charge in [-0.1, -0.05) is 19.1 Å². The monoisotopic (exact) mass is 267 g/mol. The molecule has 0 amide bonds. The predicted molar refractivity (Wildman–Crippen MR) is 68.5 cm³/mol. The minimum atomic E-state index is -0.766. The van der Waals surface area contributed by atoms with Gasteiger partial charge in [0.15, 0.2) is 11.6 Å². The normalized spacial score (nSPS) is 17.8. The third kappa shape index (κ3) is 2.87. The molecule has 4 nitrogen and oxygen atoms in total. The summed E-state index contributed by atoms with van der Waals surface area (Å²) in [4.78, 5) is 12.9. The van der Waals surface area contributed by atoms with Crippen molar-refractivity contribution in [1.82, 2.24) is 4.90 Å². The second-order valence-corrected chi connectivity index (χ2v) is 5.01. The number of rotatable bonds is 5. The molecule has 1 aliphatic rings. The van der Waals surface area contributed by atoms with Crippen molar-refractivity contribution in [2.24, 2.45) is 11.8 Å². The number of aliphatic carboxylic acids is 1. The van der Waals surface area contributed by atoms with E-state index >= 15 is 0 Å². The summed E-state index contributed by atoms with van der Waals surface area (Å²) in [5.74, 6) is -1.04. The van der Waals surface area contributed by atoms with Gasteiger partial charge in [0.05, 0.1) is 13.0 Å². The number of benzene rings is 1. The Kier molecular flexibility index (Phi) is 4.04. The number of hydrogen-bond acceptors (Lipinski definition) is 3. The van der Waals surface area contributed by atoms with Crippen molar-refractivity contribution < 1.29 is 19.0 Å². The van der Waals surface area contributed by atoms with Crippen molar-refractivity contribution in [3.05, 3.63) is 29.6 Å². The lowest BCUT2D eigenvalue weighted by molar-refractivity contribution is -0.145. The third-order valence-corrected chi connectivity index (χ3v) is 3.74. The van der Waals surface area contributed by atoms with Crippen molar-refractivity contribution in [2.45, 2.75) is 13.5 Å². The first-order chi connectivity index (χ1) is 9.02. The number of halogens is 1. The average Bonchev–Trinajstić information content (AvgIpc) is 2.34. The number of carbonyl (C=O) groups is 1. The van der Waals surface area contributed by atoms with Crippen LogP contribution >= 0.6 is 0 Å². The fourth-order valence-electron chi connectivity index (χ4n) is 2.33. The molecule has 1 atom stereocenters. The molecular weight excluding hydrogens is 249 g/mol. The molecule has 0 aromatic heterocycles. The van der Waals surface area contributed by atoms with Crippen LogP contribution in [0, 0.1) is 17.7 Å². The lowest BCUT2D eigenvalue weighted by atomic mass is 9.87. The van der Waals surface area contributed by atoms with Gasteiger partial charge in [0.2, 0.25) is 0 Å². The third-order valence-electron chi connectivity index (χ3n) is 3.74. The van der Waals surface area contributed by atoms with Crippen LogP contribution in [-0.4, -0.2) is 36.2 Å². The van der Waals surface area contributed by atoms with E-state index in [4.69, 9.17) is 9.84 Å². The lowest BCUT2D eigenvalue weighted by Crippen LogP contribution is -2.50. The first-order valence-electron chi connectivity index (χ1n) is 6.29. The summed E-state index contributed by atoms with van der Waals surface area (Å²) in [6.45, 7) is 3.61. The van der Waals surface area contributed by atoms with Crippen molar-refractivity contribution in [2.75, 3.05) is 20.2 Å². The maximum atomic E-state index is 13.9. The number of likely N-dealkylation sites (tertiary alicyclic amines) is 1. The number of carboxylic acid groups (broad SMARTS) is 1. The number of ether oxygens (including phenoxy) is 1. The number of carboxylic acids is 1. The molecule has 0 spiro atoms. The highest BCUT2D eigenvalue weighted by Crippen LogP contribution is 2.28. The fraction of sp³-hybridized carbons (Fsp3) is 0.500. The van der Waals surface area contributed by atoms with E-state index < -0.39 is 5.97 Å². The van der Waals surface area contributed by atoms with Crippen LogP contribution in [-0.2, 0) is 11.3 Å². The highest BCUT2D eigenvalue weighted by Gasteiger charge is 2.34. The Balaban J connectivity index is 1.93. The summed E-state index contributed by atoms with van der Waals surface area (Å²) in [5.41, 5.74) is 0.584. The van der Waals surface area contributed by atoms with Gasteiger partial charge in [-0.2, -0.15) is 0 Å². The van der Waals surface area contributed by atoms with E-state index in [1.165, 1.54) is 7.11 Å². The maximum Gasteiger partial charge on any atom is 0.306 e. The molecule has 1 unspecified atom stereocenters. The van der Waals surface area contributed by atoms with Gasteiger partial charge in [0.25, 0.3) is 0 Å². The minimum absolute atomic E-state index is 0.158. The van der Waals surface area contributed by atoms with Crippen molar-refractivity contribution in [3.8, 4) is 5.75 Å². The van der Waals surface area contributed by atoms with Crippen LogP contribution in [0.2, 0.25) is 0 Å². The van der Waals surface area contributed by atoms with Crippen molar-refractivity contribution in [3.63, 3.8) is 0 Å². The van der Waals surface area contributed by atoms with Crippen LogP contribution in [0.15, 0.2) is 18.2 Å². The van der Waals surface area contributed by atoms with E-state index in [-0.39, 0.29) is 23.4 Å². The van der Waals surface area contributed by atoms with Gasteiger partial charge in [-0.25, -0.2) is 4.39 Å². The molecule has 19 heavy (non-hydrogen) atoms. The molecule has 1 aromatic rings. The zero-order valence-corrected chi connectivity index (χ0v) is 11.1. The molecule has 0 aliphatic carbocycles. The van der Waals surface area contributed by atoms with Crippen molar-refractivity contribution >= 4 is 5.97 Å². The van der Waals surface area contributed by atoms with Crippen LogP contribution in [0.25, 0.3) is 0 Å². The zero-order valence-electron chi connectivity index (χ0n) is 11.1. The Morgan fingerprint density at radius 2 is 2.26 bits per heavy atom. The first kappa shape index (κ1) is 13.8. The maximum absolute atomic E-state index is 13.9. The second kappa shape index (κ2) is 5.57. The molecule has 104 valence electrons. The van der Waals surface area contributed by atoms with E-state index in [9.17, 15) is 9.18 Å². The van der Waals surface area contributed by atoms with Crippen LogP contribution in [0.5, 0.6) is 5.75 Å². The molecule has 5 heteroatoms. The van der Waals surface area contributed by atoms with E-state index in [1.807, 2.05) is 4.90 Å². The fourth-order valence-corrected chi connectivity index (χ4v) is 2.33. The molecule has 1 fully saturated rings. The predicted octanol–water partition coefficient (Wildman–Crippen LogP) is 1.99. The van der Waals surface area contributed by atoms with Gasteiger partial charge in [0.1, 0.15) is 0 Å². The van der Waals surface area contributed by atoms with Gasteiger partial charge in [-0.3, -0.25) is 9.69 Å². The SMILES string of the molecule is COc1cccc(CN2CC(C(C)C(=O)O)C2)c1F. The van der Waals surface area contributed by atoms with Crippen LogP contribution < -0.4 is 4.74 Å². The molecule has 0 bridgehead atoms. The second-order valence-electron chi connectivity index (χ2n) is 5.01. The van der Waals surface area contributed by atoms with Gasteiger partial charge < -0.3 is 9.84 Å². The lowest BCUT2D eigenvalue weighted by Gasteiger charge is -2.41. The summed E-state index contributed by atoms with van der Waals surface area (Å²) < 4.78 is 18.9. The highest BCUT2D eigenvalue weighted by atomic mass is 19.1. The van der Waals surface area contributed by atoms with Gasteiger partial charge in [0, 0.05) is 25.2 Å². The van der Waals surface area contributed by atoms with Crippen LogP contribution in [0.4, 0.5) is 4.39 Å². The number of hydrogen-bond donors (Lipinski definition) is 1. The molecular formula is C14H18FNO3. The topological polar surface area (TPSA) is 49.8 Å². The summed E-state index contributed by atoms with van der Waals surface area (Å²) in [6, 6.07) is 5.07. The molecule has 1 aromatic carbocycles. The molecule has 1 heterocycles. The summed E-state index contributed by atoms with van der Waals surface area (Å²) in [5, 5.41) is 8.91. The zero-order chi connectivity index (χ0) is 14.0. The van der Waals surface area contributed by atoms with Gasteiger partial charge in [-0.05, 0) is 12.0 Å². The average molecular weight is 267 g/mol. The standard InChI is InChI=1S/C14H18FNO3/c1-9(14(17)18)11-7-16(8-11)6-10-4-3-5-12(19-2)13(10)15/h3-5,9,11H,6-8H2,1-2H3,(H,17,18). The Morgan fingerprint density at radius 3 is 2.84 bits per heavy atom.